The van der Waals surface area contributed by atoms with Gasteiger partial charge in [-0.2, -0.15) is 4.98 Å². The number of nitrogens with zero attached hydrogens (tertiary/aromatic N) is 2. The molecule has 1 fully saturated rings. The molecule has 33 heavy (non-hydrogen) atoms. The molecule has 3 aromatic rings. The lowest BCUT2D eigenvalue weighted by Crippen LogP contribution is -2.18. The number of nitrogens with one attached hydrogen (secondary N) is 2. The number of rotatable bonds is 8. The van der Waals surface area contributed by atoms with E-state index in [4.69, 9.17) is 4.74 Å². The van der Waals surface area contributed by atoms with Crippen molar-refractivity contribution in [3.63, 3.8) is 0 Å². The van der Waals surface area contributed by atoms with Crippen LogP contribution in [0.25, 0.3) is 11.3 Å². The average molecular weight is 458 g/mol. The maximum atomic E-state index is 12.7. The molecule has 0 spiro atoms. The second-order valence-corrected chi connectivity index (χ2v) is 7.83. The second-order valence-electron chi connectivity index (χ2n) is 7.83. The van der Waals surface area contributed by atoms with Gasteiger partial charge in [0, 0.05) is 29.8 Å². The first kappa shape index (κ1) is 22.7. The van der Waals surface area contributed by atoms with E-state index in [2.05, 4.69) is 25.3 Å². The van der Waals surface area contributed by atoms with Crippen LogP contribution in [0.1, 0.15) is 31.2 Å². The molecule has 2 aromatic carbocycles. The van der Waals surface area contributed by atoms with Crippen LogP contribution < -0.4 is 20.1 Å². The maximum absolute atomic E-state index is 12.7. The molecule has 0 radical (unpaired) electrons. The molecule has 0 unspecified atom stereocenters. The Morgan fingerprint density at radius 1 is 1.00 bits per heavy atom. The van der Waals surface area contributed by atoms with Crippen LogP contribution in [0.5, 0.6) is 11.5 Å². The summed E-state index contributed by atoms with van der Waals surface area (Å²) < 4.78 is 47.5. The first-order valence-electron chi connectivity index (χ1n) is 10.8. The van der Waals surface area contributed by atoms with Crippen LogP contribution in [0.4, 0.5) is 24.9 Å². The van der Waals surface area contributed by atoms with E-state index >= 15 is 0 Å². The summed E-state index contributed by atoms with van der Waals surface area (Å²) >= 11 is 0. The Labute approximate surface area is 190 Å². The number of hydrogen-bond acceptors (Lipinski definition) is 6. The largest absolute Gasteiger partial charge is 0.573 e. The third kappa shape index (κ3) is 6.27. The molecule has 0 saturated heterocycles. The standard InChI is InChI=1S/C24H25F3N4O2/c1-32-21-12-5-2-7-17(21)15-28-22-14-20(30-23(31-22)29-18-9-3-4-10-18)16-8-6-11-19(13-16)33-24(25,26)27/h2,5-8,11-14,18H,3-4,9-10,15H2,1H3,(H2,28,29,30,31). The van der Waals surface area contributed by atoms with Gasteiger partial charge in [-0.1, -0.05) is 43.2 Å². The van der Waals surface area contributed by atoms with Crippen LogP contribution in [0.15, 0.2) is 54.6 Å². The summed E-state index contributed by atoms with van der Waals surface area (Å²) in [6.07, 6.45) is -0.403. The minimum absolute atomic E-state index is 0.280. The molecule has 1 heterocycles. The van der Waals surface area contributed by atoms with Gasteiger partial charge in [0.25, 0.3) is 0 Å². The third-order valence-corrected chi connectivity index (χ3v) is 5.43. The summed E-state index contributed by atoms with van der Waals surface area (Å²) in [5.41, 5.74) is 1.93. The van der Waals surface area contributed by atoms with E-state index < -0.39 is 6.36 Å². The summed E-state index contributed by atoms with van der Waals surface area (Å²) in [7, 11) is 1.61. The van der Waals surface area contributed by atoms with Gasteiger partial charge in [0.2, 0.25) is 5.95 Å². The monoisotopic (exact) mass is 458 g/mol. The molecule has 174 valence electrons. The molecule has 1 aromatic heterocycles. The van der Waals surface area contributed by atoms with Crippen molar-refractivity contribution in [3.8, 4) is 22.8 Å². The van der Waals surface area contributed by atoms with Crippen molar-refractivity contribution < 1.29 is 22.6 Å². The first-order valence-corrected chi connectivity index (χ1v) is 10.8. The van der Waals surface area contributed by atoms with Crippen molar-refractivity contribution in [1.82, 2.24) is 9.97 Å². The molecule has 1 aliphatic carbocycles. The van der Waals surface area contributed by atoms with E-state index in [9.17, 15) is 13.2 Å². The van der Waals surface area contributed by atoms with Crippen LogP contribution >= 0.6 is 0 Å². The maximum Gasteiger partial charge on any atom is 0.573 e. The highest BCUT2D eigenvalue weighted by Crippen LogP contribution is 2.30. The van der Waals surface area contributed by atoms with E-state index in [0.29, 0.717) is 29.6 Å². The topological polar surface area (TPSA) is 68.3 Å². The molecule has 4 rings (SSSR count). The summed E-state index contributed by atoms with van der Waals surface area (Å²) in [4.78, 5) is 9.16. The highest BCUT2D eigenvalue weighted by atomic mass is 19.4. The Hall–Kier alpha value is -3.49. The molecule has 1 aliphatic rings. The number of ether oxygens (including phenoxy) is 2. The predicted molar refractivity (Wildman–Crippen MR) is 120 cm³/mol. The number of alkyl halides is 3. The zero-order chi connectivity index (χ0) is 23.3. The van der Waals surface area contributed by atoms with Gasteiger partial charge in [0.05, 0.1) is 12.8 Å². The van der Waals surface area contributed by atoms with Crippen molar-refractivity contribution in [3.05, 3.63) is 60.2 Å². The lowest BCUT2D eigenvalue weighted by atomic mass is 10.1. The number of benzene rings is 2. The summed E-state index contributed by atoms with van der Waals surface area (Å²) in [6, 6.07) is 15.4. The molecular weight excluding hydrogens is 433 g/mol. The zero-order valence-corrected chi connectivity index (χ0v) is 18.2. The SMILES string of the molecule is COc1ccccc1CNc1cc(-c2cccc(OC(F)(F)F)c2)nc(NC2CCCC2)n1. The summed E-state index contributed by atoms with van der Waals surface area (Å²) in [5.74, 6) is 1.44. The van der Waals surface area contributed by atoms with Crippen molar-refractivity contribution in [1.29, 1.82) is 0 Å². The molecule has 1 saturated carbocycles. The van der Waals surface area contributed by atoms with Crippen LogP contribution in [-0.2, 0) is 6.54 Å². The van der Waals surface area contributed by atoms with E-state index in [1.165, 1.54) is 18.2 Å². The number of hydrogen-bond donors (Lipinski definition) is 2. The molecule has 6 nitrogen and oxygen atoms in total. The van der Waals surface area contributed by atoms with E-state index in [-0.39, 0.29) is 11.8 Å². The van der Waals surface area contributed by atoms with Crippen molar-refractivity contribution in [2.75, 3.05) is 17.7 Å². The van der Waals surface area contributed by atoms with Gasteiger partial charge in [-0.15, -0.1) is 13.2 Å². The summed E-state index contributed by atoms with van der Waals surface area (Å²) in [5, 5.41) is 6.65. The van der Waals surface area contributed by atoms with Crippen LogP contribution in [0.2, 0.25) is 0 Å². The zero-order valence-electron chi connectivity index (χ0n) is 18.2. The lowest BCUT2D eigenvalue weighted by Gasteiger charge is -2.16. The highest BCUT2D eigenvalue weighted by molar-refractivity contribution is 5.66. The number of halogens is 3. The molecule has 9 heteroatoms. The van der Waals surface area contributed by atoms with Crippen molar-refractivity contribution >= 4 is 11.8 Å². The van der Waals surface area contributed by atoms with Crippen molar-refractivity contribution in [2.45, 2.75) is 44.6 Å². The first-order chi connectivity index (χ1) is 15.9. The number of aromatic nitrogens is 2. The molecule has 0 aliphatic heterocycles. The van der Waals surface area contributed by atoms with E-state index in [1.54, 1.807) is 19.2 Å². The number of para-hydroxylation sites is 1. The van der Waals surface area contributed by atoms with E-state index in [1.807, 2.05) is 24.3 Å². The van der Waals surface area contributed by atoms with Crippen molar-refractivity contribution in [2.24, 2.45) is 0 Å². The van der Waals surface area contributed by atoms with Crippen LogP contribution in [0.3, 0.4) is 0 Å². The molecular formula is C24H25F3N4O2. The van der Waals surface area contributed by atoms with Gasteiger partial charge in [0.15, 0.2) is 0 Å². The fourth-order valence-corrected chi connectivity index (χ4v) is 3.89. The van der Waals surface area contributed by atoms with E-state index in [0.717, 1.165) is 37.0 Å². The Morgan fingerprint density at radius 3 is 2.55 bits per heavy atom. The predicted octanol–water partition coefficient (Wildman–Crippen LogP) is 6.02. The molecule has 0 bridgehead atoms. The van der Waals surface area contributed by atoms with Gasteiger partial charge < -0.3 is 20.1 Å². The fraction of sp³-hybridized carbons (Fsp3) is 0.333. The Kier molecular flexibility index (Phi) is 6.86. The molecule has 2 N–H and O–H groups in total. The Morgan fingerprint density at radius 2 is 1.79 bits per heavy atom. The van der Waals surface area contributed by atoms with Gasteiger partial charge in [0.1, 0.15) is 17.3 Å². The third-order valence-electron chi connectivity index (χ3n) is 5.43. The quantitative estimate of drug-likeness (QED) is 0.430. The minimum atomic E-state index is -4.76. The normalized spacial score (nSPS) is 14.2. The molecule has 0 amide bonds. The van der Waals surface area contributed by atoms with Gasteiger partial charge >= 0.3 is 6.36 Å². The lowest BCUT2D eigenvalue weighted by molar-refractivity contribution is -0.274. The molecule has 0 atom stereocenters. The number of methoxy groups -OCH3 is 1. The van der Waals surface area contributed by atoms with Crippen LogP contribution in [0, 0.1) is 0 Å². The van der Waals surface area contributed by atoms with Crippen LogP contribution in [-0.4, -0.2) is 29.5 Å². The fourth-order valence-electron chi connectivity index (χ4n) is 3.89. The average Bonchev–Trinajstić information content (AvgIpc) is 3.30. The smallest absolute Gasteiger partial charge is 0.496 e. The summed E-state index contributed by atoms with van der Waals surface area (Å²) in [6.45, 7) is 0.459. The van der Waals surface area contributed by atoms with Gasteiger partial charge in [-0.05, 0) is 31.0 Å². The Bertz CT molecular complexity index is 1090. The minimum Gasteiger partial charge on any atom is -0.496 e. The highest BCUT2D eigenvalue weighted by Gasteiger charge is 2.31. The second kappa shape index (κ2) is 9.97. The number of anilines is 2. The van der Waals surface area contributed by atoms with Gasteiger partial charge in [-0.3, -0.25) is 0 Å². The van der Waals surface area contributed by atoms with Gasteiger partial charge in [-0.25, -0.2) is 4.98 Å². The Balaban J connectivity index is 1.62.